The molecule has 0 radical (unpaired) electrons. The number of hydrogen-bond donors (Lipinski definition) is 2. The van der Waals surface area contributed by atoms with Gasteiger partial charge in [0.2, 0.25) is 5.91 Å². The van der Waals surface area contributed by atoms with Gasteiger partial charge in [-0.15, -0.1) is 12.4 Å². The predicted molar refractivity (Wildman–Crippen MR) is 77.2 cm³/mol. The standard InChI is InChI=1S/C11H14BrClN2O.ClH/c12-5-6-15-11(16)10(14)7-8-1-3-9(13)4-2-8;/h1-4,10H,5-7,14H2,(H,15,16);1H/t10-;/m0./s1. The molecule has 0 heterocycles. The van der Waals surface area contributed by atoms with Gasteiger partial charge in [0.15, 0.2) is 0 Å². The second kappa shape index (κ2) is 8.75. The molecule has 0 unspecified atom stereocenters. The summed E-state index contributed by atoms with van der Waals surface area (Å²) in [6, 6.07) is 6.82. The maximum Gasteiger partial charge on any atom is 0.237 e. The molecule has 0 aliphatic heterocycles. The molecule has 3 nitrogen and oxygen atoms in total. The molecule has 0 spiro atoms. The van der Waals surface area contributed by atoms with Crippen LogP contribution in [-0.2, 0) is 11.2 Å². The topological polar surface area (TPSA) is 55.1 Å². The number of hydrogen-bond acceptors (Lipinski definition) is 2. The smallest absolute Gasteiger partial charge is 0.237 e. The summed E-state index contributed by atoms with van der Waals surface area (Å²) in [6.07, 6.45) is 0.519. The lowest BCUT2D eigenvalue weighted by Gasteiger charge is -2.11. The fourth-order valence-corrected chi connectivity index (χ4v) is 1.59. The minimum absolute atomic E-state index is 0. The Morgan fingerprint density at radius 2 is 2.00 bits per heavy atom. The number of halogens is 3. The van der Waals surface area contributed by atoms with E-state index >= 15 is 0 Å². The van der Waals surface area contributed by atoms with Crippen LogP contribution in [0.1, 0.15) is 5.56 Å². The van der Waals surface area contributed by atoms with Crippen molar-refractivity contribution in [3.8, 4) is 0 Å². The molecule has 0 aliphatic carbocycles. The Kier molecular flexibility index (Phi) is 8.60. The molecule has 1 atom stereocenters. The molecule has 0 bridgehead atoms. The van der Waals surface area contributed by atoms with E-state index in [1.165, 1.54) is 0 Å². The molecule has 0 fully saturated rings. The summed E-state index contributed by atoms with van der Waals surface area (Å²) in [5, 5.41) is 4.14. The maximum absolute atomic E-state index is 11.5. The number of rotatable bonds is 5. The second-order valence-electron chi connectivity index (χ2n) is 3.42. The summed E-state index contributed by atoms with van der Waals surface area (Å²) in [5.41, 5.74) is 6.77. The quantitative estimate of drug-likeness (QED) is 0.806. The number of amides is 1. The Hall–Kier alpha value is -0.290. The van der Waals surface area contributed by atoms with Gasteiger partial charge in [-0.05, 0) is 24.1 Å². The van der Waals surface area contributed by atoms with Crippen molar-refractivity contribution in [1.29, 1.82) is 0 Å². The van der Waals surface area contributed by atoms with Gasteiger partial charge in [0, 0.05) is 16.9 Å². The van der Waals surface area contributed by atoms with Crippen LogP contribution in [0.5, 0.6) is 0 Å². The number of benzene rings is 1. The predicted octanol–water partition coefficient (Wildman–Crippen LogP) is 2.14. The molecular formula is C11H15BrCl2N2O. The molecule has 0 aliphatic rings. The molecule has 1 aromatic rings. The van der Waals surface area contributed by atoms with Crippen LogP contribution in [0.3, 0.4) is 0 Å². The van der Waals surface area contributed by atoms with Gasteiger partial charge in [0.1, 0.15) is 0 Å². The Labute approximate surface area is 121 Å². The van der Waals surface area contributed by atoms with E-state index in [0.717, 1.165) is 10.9 Å². The molecule has 96 valence electrons. The van der Waals surface area contributed by atoms with Crippen LogP contribution in [-0.4, -0.2) is 23.8 Å². The molecule has 6 heteroatoms. The highest BCUT2D eigenvalue weighted by atomic mass is 79.9. The van der Waals surface area contributed by atoms with Crippen LogP contribution in [0.4, 0.5) is 0 Å². The minimum atomic E-state index is -0.514. The molecule has 1 amide bonds. The number of carbonyl (C=O) groups excluding carboxylic acids is 1. The third kappa shape index (κ3) is 6.27. The Morgan fingerprint density at radius 3 is 2.53 bits per heavy atom. The van der Waals surface area contributed by atoms with Crippen molar-refractivity contribution in [2.75, 3.05) is 11.9 Å². The van der Waals surface area contributed by atoms with Crippen molar-refractivity contribution >= 4 is 45.8 Å². The summed E-state index contributed by atoms with van der Waals surface area (Å²) in [6.45, 7) is 0.590. The van der Waals surface area contributed by atoms with Gasteiger partial charge in [-0.25, -0.2) is 0 Å². The minimum Gasteiger partial charge on any atom is -0.354 e. The first-order chi connectivity index (χ1) is 7.63. The monoisotopic (exact) mass is 340 g/mol. The highest BCUT2D eigenvalue weighted by molar-refractivity contribution is 9.09. The number of nitrogens with one attached hydrogen (secondary N) is 1. The lowest BCUT2D eigenvalue weighted by molar-refractivity contribution is -0.122. The average Bonchev–Trinajstić information content (AvgIpc) is 2.29. The van der Waals surface area contributed by atoms with Crippen LogP contribution in [0.15, 0.2) is 24.3 Å². The van der Waals surface area contributed by atoms with E-state index in [9.17, 15) is 4.79 Å². The number of alkyl halides is 1. The van der Waals surface area contributed by atoms with Gasteiger partial charge in [-0.2, -0.15) is 0 Å². The molecule has 1 aromatic carbocycles. The number of nitrogens with two attached hydrogens (primary N) is 1. The molecule has 3 N–H and O–H groups in total. The fourth-order valence-electron chi connectivity index (χ4n) is 1.27. The van der Waals surface area contributed by atoms with Crippen molar-refractivity contribution in [3.63, 3.8) is 0 Å². The molecule has 0 saturated carbocycles. The Bertz CT molecular complexity index is 346. The molecule has 17 heavy (non-hydrogen) atoms. The molecule has 1 rings (SSSR count). The lowest BCUT2D eigenvalue weighted by Crippen LogP contribution is -2.42. The lowest BCUT2D eigenvalue weighted by atomic mass is 10.1. The summed E-state index contributed by atoms with van der Waals surface area (Å²) in [7, 11) is 0. The summed E-state index contributed by atoms with van der Waals surface area (Å²) in [5.74, 6) is -0.130. The fraction of sp³-hybridized carbons (Fsp3) is 0.364. The summed E-state index contributed by atoms with van der Waals surface area (Å²) in [4.78, 5) is 11.5. The zero-order valence-corrected chi connectivity index (χ0v) is 12.3. The first-order valence-corrected chi connectivity index (χ1v) is 6.47. The van der Waals surface area contributed by atoms with Gasteiger partial charge >= 0.3 is 0 Å². The van der Waals surface area contributed by atoms with Crippen LogP contribution >= 0.6 is 39.9 Å². The normalized spacial score (nSPS) is 11.5. The van der Waals surface area contributed by atoms with Crippen LogP contribution in [0.2, 0.25) is 5.02 Å². The zero-order chi connectivity index (χ0) is 12.0. The highest BCUT2D eigenvalue weighted by Gasteiger charge is 2.12. The molecule has 0 saturated heterocycles. The van der Waals surface area contributed by atoms with Crippen molar-refractivity contribution in [1.82, 2.24) is 5.32 Å². The van der Waals surface area contributed by atoms with Gasteiger partial charge in [-0.3, -0.25) is 4.79 Å². The van der Waals surface area contributed by atoms with Gasteiger partial charge in [0.25, 0.3) is 0 Å². The second-order valence-corrected chi connectivity index (χ2v) is 4.65. The summed E-state index contributed by atoms with van der Waals surface area (Å²) >= 11 is 9.00. The first kappa shape index (κ1) is 16.7. The van der Waals surface area contributed by atoms with Crippen LogP contribution < -0.4 is 11.1 Å². The van der Waals surface area contributed by atoms with E-state index in [1.807, 2.05) is 12.1 Å². The highest BCUT2D eigenvalue weighted by Crippen LogP contribution is 2.10. The van der Waals surface area contributed by atoms with E-state index in [1.54, 1.807) is 12.1 Å². The zero-order valence-electron chi connectivity index (χ0n) is 9.16. The Balaban J connectivity index is 0.00000256. The van der Waals surface area contributed by atoms with E-state index in [2.05, 4.69) is 21.2 Å². The Morgan fingerprint density at radius 1 is 1.41 bits per heavy atom. The SMILES string of the molecule is Cl.N[C@@H](Cc1ccc(Cl)cc1)C(=O)NCCBr. The maximum atomic E-state index is 11.5. The van der Waals surface area contributed by atoms with Crippen molar-refractivity contribution < 1.29 is 4.79 Å². The van der Waals surface area contributed by atoms with Gasteiger partial charge < -0.3 is 11.1 Å². The van der Waals surface area contributed by atoms with E-state index < -0.39 is 6.04 Å². The van der Waals surface area contributed by atoms with Crippen molar-refractivity contribution in [2.24, 2.45) is 5.73 Å². The third-order valence-corrected chi connectivity index (χ3v) is 2.75. The van der Waals surface area contributed by atoms with E-state index in [4.69, 9.17) is 17.3 Å². The first-order valence-electron chi connectivity index (χ1n) is 4.97. The van der Waals surface area contributed by atoms with Crippen molar-refractivity contribution in [3.05, 3.63) is 34.9 Å². The van der Waals surface area contributed by atoms with Crippen LogP contribution in [0.25, 0.3) is 0 Å². The van der Waals surface area contributed by atoms with E-state index in [-0.39, 0.29) is 18.3 Å². The van der Waals surface area contributed by atoms with Crippen LogP contribution in [0, 0.1) is 0 Å². The summed E-state index contributed by atoms with van der Waals surface area (Å²) < 4.78 is 0. The largest absolute Gasteiger partial charge is 0.354 e. The average molecular weight is 342 g/mol. The van der Waals surface area contributed by atoms with E-state index in [0.29, 0.717) is 18.0 Å². The van der Waals surface area contributed by atoms with Gasteiger partial charge in [0.05, 0.1) is 6.04 Å². The molecule has 0 aromatic heterocycles. The molecular weight excluding hydrogens is 327 g/mol. The number of carbonyl (C=O) groups is 1. The van der Waals surface area contributed by atoms with Crippen molar-refractivity contribution in [2.45, 2.75) is 12.5 Å². The third-order valence-electron chi connectivity index (χ3n) is 2.10. The van der Waals surface area contributed by atoms with Gasteiger partial charge in [-0.1, -0.05) is 39.7 Å².